The Morgan fingerprint density at radius 1 is 0.931 bits per heavy atom. The fourth-order valence-electron chi connectivity index (χ4n) is 3.03. The van der Waals surface area contributed by atoms with Crippen LogP contribution < -0.4 is 5.32 Å². The molecule has 0 aromatic heterocycles. The first-order valence-electron chi connectivity index (χ1n) is 8.91. The van der Waals surface area contributed by atoms with E-state index in [1.54, 1.807) is 43.3 Å². The predicted molar refractivity (Wildman–Crippen MR) is 113 cm³/mol. The van der Waals surface area contributed by atoms with Gasteiger partial charge in [-0.05, 0) is 62.3 Å². The number of rotatable bonds is 3. The molecule has 2 aromatic carbocycles. The number of aryl methyl sites for hydroxylation is 1. The number of ketones is 1. The van der Waals surface area contributed by atoms with Gasteiger partial charge in [0.1, 0.15) is 4.91 Å². The smallest absolute Gasteiger partial charge is 0.306 e. The summed E-state index contributed by atoms with van der Waals surface area (Å²) in [6.07, 6.45) is 1.20. The highest BCUT2D eigenvalue weighted by molar-refractivity contribution is 7.96. The summed E-state index contributed by atoms with van der Waals surface area (Å²) >= 11 is 0. The Balaban J connectivity index is 2.03. The van der Waals surface area contributed by atoms with Crippen LogP contribution in [0.15, 0.2) is 86.6 Å². The molecule has 0 spiro atoms. The lowest BCUT2D eigenvalue weighted by Crippen LogP contribution is -2.24. The fourth-order valence-corrected chi connectivity index (χ4v) is 4.59. The average Bonchev–Trinajstić information content (AvgIpc) is 2.66. The summed E-state index contributed by atoms with van der Waals surface area (Å²) in [6, 6.07) is 14.4. The van der Waals surface area contributed by atoms with Crippen molar-refractivity contribution in [2.75, 3.05) is 5.32 Å². The molecule has 2 aromatic rings. The zero-order valence-corrected chi connectivity index (χ0v) is 17.1. The number of benzene rings is 2. The summed E-state index contributed by atoms with van der Waals surface area (Å²) in [5.74, 6) is -0.622. The number of urea groups is 1. The number of amides is 2. The van der Waals surface area contributed by atoms with Crippen molar-refractivity contribution in [2.24, 2.45) is 4.99 Å². The molecule has 0 saturated heterocycles. The maximum atomic E-state index is 13.1. The molecular weight excluding hydrogens is 388 g/mol. The largest absolute Gasteiger partial charge is 0.345 e. The molecule has 0 fully saturated rings. The van der Waals surface area contributed by atoms with Gasteiger partial charge < -0.3 is 5.32 Å². The first-order chi connectivity index (χ1) is 13.7. The van der Waals surface area contributed by atoms with Crippen molar-refractivity contribution in [1.82, 2.24) is 0 Å². The number of aliphatic imine (C=N–C) groups is 1. The van der Waals surface area contributed by atoms with E-state index >= 15 is 0 Å². The minimum absolute atomic E-state index is 0.0202. The van der Waals surface area contributed by atoms with Gasteiger partial charge in [-0.25, -0.2) is 13.2 Å². The molecule has 0 heterocycles. The van der Waals surface area contributed by atoms with Gasteiger partial charge in [0.05, 0.1) is 10.6 Å². The van der Waals surface area contributed by atoms with Crippen molar-refractivity contribution in [3.8, 4) is 0 Å². The molecule has 0 bridgehead atoms. The molecule has 0 radical (unpaired) electrons. The standard InChI is InChI=1S/C22H20N2O4S/c1-14-9-11-18(12-10-14)29(27,28)21-16(3)20(15(2)13-19(21)25)24-22(26)23-17-7-5-4-6-8-17/h4-13H,1-3H3,(H,23,26). The average molecular weight is 408 g/mol. The van der Waals surface area contributed by atoms with Crippen LogP contribution in [0.5, 0.6) is 0 Å². The molecule has 2 amide bonds. The second kappa shape index (κ2) is 7.97. The molecule has 148 valence electrons. The number of sulfone groups is 1. The summed E-state index contributed by atoms with van der Waals surface area (Å²) in [5.41, 5.74) is 2.21. The van der Waals surface area contributed by atoms with Crippen LogP contribution in [0, 0.1) is 6.92 Å². The highest BCUT2D eigenvalue weighted by Crippen LogP contribution is 2.29. The van der Waals surface area contributed by atoms with Crippen molar-refractivity contribution in [3.05, 3.63) is 82.3 Å². The van der Waals surface area contributed by atoms with E-state index in [0.29, 0.717) is 11.3 Å². The lowest BCUT2D eigenvalue weighted by atomic mass is 9.97. The zero-order valence-electron chi connectivity index (χ0n) is 16.3. The third-order valence-electron chi connectivity index (χ3n) is 4.48. The van der Waals surface area contributed by atoms with Crippen LogP contribution in [-0.4, -0.2) is 25.9 Å². The number of para-hydroxylation sites is 1. The number of allylic oxidation sites excluding steroid dienone is 4. The molecule has 3 rings (SSSR count). The van der Waals surface area contributed by atoms with E-state index < -0.39 is 21.7 Å². The minimum atomic E-state index is -4.06. The number of nitrogens with zero attached hydrogens (tertiary/aromatic N) is 1. The second-order valence-electron chi connectivity index (χ2n) is 6.72. The van der Waals surface area contributed by atoms with Gasteiger partial charge in [0.25, 0.3) is 0 Å². The van der Waals surface area contributed by atoms with E-state index in [1.807, 2.05) is 13.0 Å². The van der Waals surface area contributed by atoms with E-state index in [1.165, 1.54) is 25.1 Å². The SMILES string of the molecule is CC1=CC(=O)C(S(=O)(=O)c2ccc(C)cc2)=C(C)C1=NC(=O)Nc1ccccc1. The number of hydrogen-bond donors (Lipinski definition) is 1. The Bertz CT molecular complexity index is 1170. The van der Waals surface area contributed by atoms with E-state index in [0.717, 1.165) is 5.56 Å². The van der Waals surface area contributed by atoms with Crippen LogP contribution in [-0.2, 0) is 14.6 Å². The third-order valence-corrected chi connectivity index (χ3v) is 6.42. The van der Waals surface area contributed by atoms with E-state index in [2.05, 4.69) is 10.3 Å². The highest BCUT2D eigenvalue weighted by Gasteiger charge is 2.33. The van der Waals surface area contributed by atoms with Gasteiger partial charge in [-0.2, -0.15) is 4.99 Å². The summed E-state index contributed by atoms with van der Waals surface area (Å²) in [7, 11) is -4.06. The Morgan fingerprint density at radius 2 is 1.55 bits per heavy atom. The van der Waals surface area contributed by atoms with Gasteiger partial charge in [-0.3, -0.25) is 4.79 Å². The number of anilines is 1. The first-order valence-corrected chi connectivity index (χ1v) is 10.4. The molecule has 0 unspecified atom stereocenters. The molecule has 0 saturated carbocycles. The second-order valence-corrected chi connectivity index (χ2v) is 8.61. The van der Waals surface area contributed by atoms with E-state index in [9.17, 15) is 18.0 Å². The van der Waals surface area contributed by atoms with Gasteiger partial charge in [0.15, 0.2) is 5.78 Å². The highest BCUT2D eigenvalue weighted by atomic mass is 32.2. The Morgan fingerprint density at radius 3 is 2.17 bits per heavy atom. The topological polar surface area (TPSA) is 92.7 Å². The molecule has 1 aliphatic rings. The maximum absolute atomic E-state index is 13.1. The van der Waals surface area contributed by atoms with Crippen molar-refractivity contribution in [1.29, 1.82) is 0 Å². The van der Waals surface area contributed by atoms with Crippen LogP contribution in [0.3, 0.4) is 0 Å². The van der Waals surface area contributed by atoms with Gasteiger partial charge in [-0.1, -0.05) is 35.9 Å². The van der Waals surface area contributed by atoms with Crippen LogP contribution in [0.2, 0.25) is 0 Å². The predicted octanol–water partition coefficient (Wildman–Crippen LogP) is 4.24. The zero-order chi connectivity index (χ0) is 21.2. The molecule has 29 heavy (non-hydrogen) atoms. The summed E-state index contributed by atoms with van der Waals surface area (Å²) in [6.45, 7) is 4.95. The summed E-state index contributed by atoms with van der Waals surface area (Å²) < 4.78 is 26.2. The number of carbonyl (C=O) groups excluding carboxylic acids is 2. The Hall–Kier alpha value is -3.32. The van der Waals surface area contributed by atoms with Crippen LogP contribution in [0.25, 0.3) is 0 Å². The number of nitrogens with one attached hydrogen (secondary N) is 1. The summed E-state index contributed by atoms with van der Waals surface area (Å²) in [5, 5.41) is 2.62. The van der Waals surface area contributed by atoms with Crippen molar-refractivity contribution in [2.45, 2.75) is 25.7 Å². The fraction of sp³-hybridized carbons (Fsp3) is 0.136. The molecule has 0 atom stereocenters. The van der Waals surface area contributed by atoms with Gasteiger partial charge in [0.2, 0.25) is 9.84 Å². The monoisotopic (exact) mass is 408 g/mol. The first kappa shape index (κ1) is 20.4. The van der Waals surface area contributed by atoms with Gasteiger partial charge >= 0.3 is 6.03 Å². The van der Waals surface area contributed by atoms with E-state index in [-0.39, 0.29) is 21.1 Å². The van der Waals surface area contributed by atoms with Crippen LogP contribution in [0.1, 0.15) is 19.4 Å². The van der Waals surface area contributed by atoms with Crippen molar-refractivity contribution < 1.29 is 18.0 Å². The molecule has 7 heteroatoms. The summed E-state index contributed by atoms with van der Waals surface area (Å²) in [4.78, 5) is 28.6. The normalized spacial score (nSPS) is 16.0. The lowest BCUT2D eigenvalue weighted by Gasteiger charge is -2.18. The van der Waals surface area contributed by atoms with Crippen molar-refractivity contribution >= 4 is 33.1 Å². The van der Waals surface area contributed by atoms with Crippen molar-refractivity contribution in [3.63, 3.8) is 0 Å². The van der Waals surface area contributed by atoms with Gasteiger partial charge in [-0.15, -0.1) is 0 Å². The molecule has 1 N–H and O–H groups in total. The number of hydrogen-bond acceptors (Lipinski definition) is 4. The Labute approximate surface area is 169 Å². The molecule has 0 aliphatic heterocycles. The molecule has 6 nitrogen and oxygen atoms in total. The lowest BCUT2D eigenvalue weighted by molar-refractivity contribution is -0.110. The van der Waals surface area contributed by atoms with E-state index in [4.69, 9.17) is 0 Å². The van der Waals surface area contributed by atoms with Gasteiger partial charge in [0, 0.05) is 5.69 Å². The van der Waals surface area contributed by atoms with Crippen LogP contribution in [0.4, 0.5) is 10.5 Å². The molecular formula is C22H20N2O4S. The minimum Gasteiger partial charge on any atom is -0.306 e. The number of carbonyl (C=O) groups is 2. The maximum Gasteiger partial charge on any atom is 0.345 e. The quantitative estimate of drug-likeness (QED) is 0.769. The van der Waals surface area contributed by atoms with Crippen LogP contribution >= 0.6 is 0 Å². The molecule has 1 aliphatic carbocycles. The Kier molecular flexibility index (Phi) is 5.61. The third kappa shape index (κ3) is 4.25.